The normalized spacial score (nSPS) is 9.20. The van der Waals surface area contributed by atoms with Crippen LogP contribution in [0.1, 0.15) is 24.6 Å². The molecule has 0 aromatic carbocycles. The van der Waals surface area contributed by atoms with Gasteiger partial charge in [-0.3, -0.25) is 4.79 Å². The number of aryl methyl sites for hydroxylation is 1. The molecule has 1 rings (SSSR count). The molecule has 0 radical (unpaired) electrons. The summed E-state index contributed by atoms with van der Waals surface area (Å²) >= 11 is 1.31. The molecule has 0 fully saturated rings. The highest BCUT2D eigenvalue weighted by atomic mass is 32.2. The molecule has 0 atom stereocenters. The molecule has 0 unspecified atom stereocenters. The Labute approximate surface area is 94.5 Å². The lowest BCUT2D eigenvalue weighted by Crippen LogP contribution is -1.85. The van der Waals surface area contributed by atoms with Crippen LogP contribution in [0.3, 0.4) is 0 Å². The van der Waals surface area contributed by atoms with Gasteiger partial charge in [-0.15, -0.1) is 0 Å². The number of hydrogen-bond donors (Lipinski definition) is 0. The maximum atomic E-state index is 10.6. The van der Waals surface area contributed by atoms with Crippen LogP contribution in [-0.2, 0) is 4.79 Å². The fourth-order valence-corrected chi connectivity index (χ4v) is 1.49. The summed E-state index contributed by atoms with van der Waals surface area (Å²) in [6.07, 6.45) is 2.48. The van der Waals surface area contributed by atoms with Gasteiger partial charge in [0.1, 0.15) is 5.69 Å². The van der Waals surface area contributed by atoms with E-state index < -0.39 is 0 Å². The quantitative estimate of drug-likeness (QED) is 0.565. The second-order valence-corrected chi connectivity index (χ2v) is 4.38. The Morgan fingerprint density at radius 1 is 1.60 bits per heavy atom. The molecule has 78 valence electrons. The van der Waals surface area contributed by atoms with E-state index in [1.54, 1.807) is 13.1 Å². The number of rotatable bonds is 2. The molecule has 3 heteroatoms. The highest BCUT2D eigenvalue weighted by Crippen LogP contribution is 2.02. The van der Waals surface area contributed by atoms with E-state index in [4.69, 9.17) is 0 Å². The van der Waals surface area contributed by atoms with Gasteiger partial charge >= 0.3 is 0 Å². The summed E-state index contributed by atoms with van der Waals surface area (Å²) in [4.78, 5) is 14.7. The molecule has 0 aliphatic heterocycles. The molecule has 0 saturated carbocycles. The number of aromatic nitrogens is 1. The molecule has 0 aliphatic rings. The lowest BCUT2D eigenvalue weighted by molar-refractivity contribution is -0.109. The first kappa shape index (κ1) is 11.8. The van der Waals surface area contributed by atoms with Crippen LogP contribution in [0.15, 0.2) is 18.3 Å². The molecule has 0 amide bonds. The predicted molar refractivity (Wildman–Crippen MR) is 63.6 cm³/mol. The minimum Gasteiger partial charge on any atom is -0.288 e. The summed E-state index contributed by atoms with van der Waals surface area (Å²) in [5.41, 5.74) is 1.95. The average molecular weight is 219 g/mol. The van der Waals surface area contributed by atoms with Gasteiger partial charge in [0.05, 0.1) is 0 Å². The third kappa shape index (κ3) is 5.24. The summed E-state index contributed by atoms with van der Waals surface area (Å²) in [6, 6.07) is 3.89. The summed E-state index contributed by atoms with van der Waals surface area (Å²) in [6.45, 7) is 3.58. The van der Waals surface area contributed by atoms with Gasteiger partial charge in [-0.2, -0.15) is 0 Å². The van der Waals surface area contributed by atoms with Gasteiger partial charge in [0.25, 0.3) is 0 Å². The van der Waals surface area contributed by atoms with Crippen LogP contribution in [0, 0.1) is 18.8 Å². The van der Waals surface area contributed by atoms with Gasteiger partial charge in [0.15, 0.2) is 5.12 Å². The monoisotopic (exact) mass is 219 g/mol. The van der Waals surface area contributed by atoms with E-state index in [1.807, 2.05) is 19.1 Å². The van der Waals surface area contributed by atoms with Crippen molar-refractivity contribution in [1.82, 2.24) is 4.98 Å². The van der Waals surface area contributed by atoms with Crippen LogP contribution in [-0.4, -0.2) is 15.9 Å². The average Bonchev–Trinajstić information content (AvgIpc) is 2.17. The highest BCUT2D eigenvalue weighted by Gasteiger charge is 1.91. The third-order valence-electron chi connectivity index (χ3n) is 1.66. The fraction of sp³-hybridized carbons (Fsp3) is 0.333. The second-order valence-electron chi connectivity index (χ2n) is 3.11. The number of hydrogen-bond acceptors (Lipinski definition) is 3. The lowest BCUT2D eigenvalue weighted by atomic mass is 10.2. The smallest absolute Gasteiger partial charge is 0.185 e. The van der Waals surface area contributed by atoms with Crippen molar-refractivity contribution in [3.8, 4) is 11.8 Å². The largest absolute Gasteiger partial charge is 0.288 e. The second kappa shape index (κ2) is 6.26. The van der Waals surface area contributed by atoms with E-state index >= 15 is 0 Å². The van der Waals surface area contributed by atoms with Crippen molar-refractivity contribution < 1.29 is 4.79 Å². The molecular formula is C12H13NOS. The SMILES string of the molecule is CC(=O)SCCC#Cc1cc(C)ccn1. The van der Waals surface area contributed by atoms with Crippen LogP contribution in [0.5, 0.6) is 0 Å². The van der Waals surface area contributed by atoms with E-state index in [0.717, 1.165) is 23.4 Å². The zero-order valence-corrected chi connectivity index (χ0v) is 9.73. The molecule has 1 aromatic heterocycles. The zero-order chi connectivity index (χ0) is 11.1. The predicted octanol–water partition coefficient (Wildman–Crippen LogP) is 2.41. The summed E-state index contributed by atoms with van der Waals surface area (Å²) in [7, 11) is 0. The van der Waals surface area contributed by atoms with Crippen molar-refractivity contribution >= 4 is 16.9 Å². The van der Waals surface area contributed by atoms with Crippen LogP contribution < -0.4 is 0 Å². The first-order chi connectivity index (χ1) is 7.18. The molecule has 0 N–H and O–H groups in total. The zero-order valence-electron chi connectivity index (χ0n) is 8.91. The van der Waals surface area contributed by atoms with Crippen molar-refractivity contribution in [2.75, 3.05) is 5.75 Å². The van der Waals surface area contributed by atoms with Gasteiger partial charge in [-0.1, -0.05) is 17.7 Å². The molecule has 1 heterocycles. The fourth-order valence-electron chi connectivity index (χ4n) is 1.00. The van der Waals surface area contributed by atoms with E-state index in [2.05, 4.69) is 16.8 Å². The summed E-state index contributed by atoms with van der Waals surface area (Å²) in [5.74, 6) is 6.73. The van der Waals surface area contributed by atoms with E-state index in [0.29, 0.717) is 0 Å². The summed E-state index contributed by atoms with van der Waals surface area (Å²) < 4.78 is 0. The highest BCUT2D eigenvalue weighted by molar-refractivity contribution is 8.13. The van der Waals surface area contributed by atoms with Crippen molar-refractivity contribution in [3.05, 3.63) is 29.6 Å². The first-order valence-corrected chi connectivity index (χ1v) is 5.72. The van der Waals surface area contributed by atoms with Crippen LogP contribution in [0.25, 0.3) is 0 Å². The van der Waals surface area contributed by atoms with Gasteiger partial charge in [-0.05, 0) is 30.5 Å². The Kier molecular flexibility index (Phi) is 4.92. The molecule has 2 nitrogen and oxygen atoms in total. The molecule has 0 bridgehead atoms. The van der Waals surface area contributed by atoms with Crippen molar-refractivity contribution in [2.45, 2.75) is 20.3 Å². The molecular weight excluding hydrogens is 206 g/mol. The van der Waals surface area contributed by atoms with Gasteiger partial charge in [0.2, 0.25) is 0 Å². The van der Waals surface area contributed by atoms with Crippen molar-refractivity contribution in [2.24, 2.45) is 0 Å². The van der Waals surface area contributed by atoms with Gasteiger partial charge in [0, 0.05) is 25.3 Å². The number of carbonyl (C=O) groups excluding carboxylic acids is 1. The van der Waals surface area contributed by atoms with Crippen molar-refractivity contribution in [1.29, 1.82) is 0 Å². The van der Waals surface area contributed by atoms with Crippen LogP contribution in [0.4, 0.5) is 0 Å². The van der Waals surface area contributed by atoms with Crippen LogP contribution >= 0.6 is 11.8 Å². The lowest BCUT2D eigenvalue weighted by Gasteiger charge is -1.91. The maximum absolute atomic E-state index is 10.6. The van der Waals surface area contributed by atoms with E-state index in [-0.39, 0.29) is 5.12 Å². The number of pyridine rings is 1. The molecule has 0 saturated heterocycles. The molecule has 0 spiro atoms. The Balaban J connectivity index is 2.41. The molecule has 0 aliphatic carbocycles. The van der Waals surface area contributed by atoms with Crippen molar-refractivity contribution in [3.63, 3.8) is 0 Å². The Hall–Kier alpha value is -1.27. The third-order valence-corrected chi connectivity index (χ3v) is 2.48. The number of nitrogens with zero attached hydrogens (tertiary/aromatic N) is 1. The minimum absolute atomic E-state index is 0.144. The molecule has 15 heavy (non-hydrogen) atoms. The Morgan fingerprint density at radius 3 is 3.07 bits per heavy atom. The van der Waals surface area contributed by atoms with Gasteiger partial charge in [-0.25, -0.2) is 4.98 Å². The molecule has 1 aromatic rings. The number of carbonyl (C=O) groups is 1. The topological polar surface area (TPSA) is 30.0 Å². The van der Waals surface area contributed by atoms with E-state index in [9.17, 15) is 4.79 Å². The Morgan fingerprint density at radius 2 is 2.40 bits per heavy atom. The van der Waals surface area contributed by atoms with Gasteiger partial charge < -0.3 is 0 Å². The minimum atomic E-state index is 0.144. The summed E-state index contributed by atoms with van der Waals surface area (Å²) in [5, 5.41) is 0.144. The van der Waals surface area contributed by atoms with E-state index in [1.165, 1.54) is 11.8 Å². The van der Waals surface area contributed by atoms with Crippen LogP contribution in [0.2, 0.25) is 0 Å². The number of thioether (sulfide) groups is 1. The Bertz CT molecular complexity index is 404. The maximum Gasteiger partial charge on any atom is 0.185 e. The first-order valence-electron chi connectivity index (χ1n) is 4.73. The standard InChI is InChI=1S/C12H13NOS/c1-10-6-7-13-12(9-10)5-3-4-8-15-11(2)14/h6-7,9H,4,8H2,1-2H3.